The van der Waals surface area contributed by atoms with Gasteiger partial charge in [0.05, 0.1) is 0 Å². The van der Waals surface area contributed by atoms with Gasteiger partial charge in [-0.05, 0) is 26.7 Å². The van der Waals surface area contributed by atoms with Crippen LogP contribution in [0.15, 0.2) is 0 Å². The second-order valence-electron chi connectivity index (χ2n) is 4.02. The summed E-state index contributed by atoms with van der Waals surface area (Å²) < 4.78 is 9.31. The molecule has 1 aliphatic rings. The molecule has 0 aromatic carbocycles. The van der Waals surface area contributed by atoms with Crippen molar-refractivity contribution in [1.29, 1.82) is 0 Å². The molecule has 0 bridgehead atoms. The van der Waals surface area contributed by atoms with E-state index in [-0.39, 0.29) is 0 Å². The molecule has 0 unspecified atom stereocenters. The van der Waals surface area contributed by atoms with Crippen LogP contribution in [0.1, 0.15) is 26.7 Å². The fourth-order valence-electron chi connectivity index (χ4n) is 0.706. The number of hydrogen-bond acceptors (Lipinski definition) is 4. The molecule has 94 valence electrons. The number of methoxy groups -OCH3 is 2. The summed E-state index contributed by atoms with van der Waals surface area (Å²) in [5.41, 5.74) is -1.83. The molecule has 6 heteroatoms. The average molecular weight is 234 g/mol. The molecule has 0 aromatic rings. The SMILES string of the molecule is COC(C)(C)C(=O)O.COC1(C(=O)O)CC1. The molecule has 0 spiro atoms. The summed E-state index contributed by atoms with van der Waals surface area (Å²) in [7, 11) is 2.80. The standard InChI is InChI=1S/C5H8O3.C5H10O3/c1-8-5(2-3-5)4(6)7;1-5(2,8-3)4(6)7/h2-3H2,1H3,(H,6,7);1-3H3,(H,6,7). The van der Waals surface area contributed by atoms with Gasteiger partial charge in [-0.1, -0.05) is 0 Å². The van der Waals surface area contributed by atoms with Gasteiger partial charge in [-0.15, -0.1) is 0 Å². The lowest BCUT2D eigenvalue weighted by atomic mass is 10.1. The van der Waals surface area contributed by atoms with Crippen molar-refractivity contribution in [2.45, 2.75) is 37.9 Å². The van der Waals surface area contributed by atoms with Gasteiger partial charge in [-0.25, -0.2) is 9.59 Å². The minimum Gasteiger partial charge on any atom is -0.479 e. The highest BCUT2D eigenvalue weighted by Crippen LogP contribution is 2.38. The van der Waals surface area contributed by atoms with E-state index in [4.69, 9.17) is 14.9 Å². The van der Waals surface area contributed by atoms with Crippen molar-refractivity contribution in [2.75, 3.05) is 14.2 Å². The summed E-state index contributed by atoms with van der Waals surface area (Å²) in [6.45, 7) is 2.99. The highest BCUT2D eigenvalue weighted by molar-refractivity contribution is 5.80. The van der Waals surface area contributed by atoms with Crippen LogP contribution in [0.25, 0.3) is 0 Å². The topological polar surface area (TPSA) is 93.1 Å². The molecule has 0 saturated heterocycles. The molecule has 1 rings (SSSR count). The van der Waals surface area contributed by atoms with Gasteiger partial charge in [0.1, 0.15) is 0 Å². The minimum atomic E-state index is -1.04. The molecule has 0 aromatic heterocycles. The van der Waals surface area contributed by atoms with Gasteiger partial charge in [0.15, 0.2) is 11.2 Å². The molecule has 0 heterocycles. The first-order valence-electron chi connectivity index (χ1n) is 4.79. The van der Waals surface area contributed by atoms with Crippen LogP contribution in [0, 0.1) is 0 Å². The predicted octanol–water partition coefficient (Wildman–Crippen LogP) is 0.746. The van der Waals surface area contributed by atoms with Gasteiger partial charge >= 0.3 is 11.9 Å². The van der Waals surface area contributed by atoms with Crippen molar-refractivity contribution in [1.82, 2.24) is 0 Å². The van der Waals surface area contributed by atoms with E-state index in [0.717, 1.165) is 0 Å². The zero-order valence-corrected chi connectivity index (χ0v) is 9.94. The Morgan fingerprint density at radius 3 is 1.62 bits per heavy atom. The molecule has 0 amide bonds. The van der Waals surface area contributed by atoms with E-state index >= 15 is 0 Å². The van der Waals surface area contributed by atoms with Crippen LogP contribution in [0.2, 0.25) is 0 Å². The number of carboxylic acid groups (broad SMARTS) is 2. The lowest BCUT2D eigenvalue weighted by molar-refractivity contribution is -0.157. The van der Waals surface area contributed by atoms with Gasteiger partial charge in [0.2, 0.25) is 0 Å². The van der Waals surface area contributed by atoms with Crippen molar-refractivity contribution in [3.05, 3.63) is 0 Å². The Bertz CT molecular complexity index is 250. The van der Waals surface area contributed by atoms with E-state index in [2.05, 4.69) is 4.74 Å². The molecule has 0 radical (unpaired) electrons. The van der Waals surface area contributed by atoms with Gasteiger partial charge < -0.3 is 19.7 Å². The normalized spacial score (nSPS) is 17.0. The Labute approximate surface area is 94.2 Å². The Balaban J connectivity index is 0.000000281. The van der Waals surface area contributed by atoms with Gasteiger partial charge in [-0.3, -0.25) is 0 Å². The van der Waals surface area contributed by atoms with Crippen LogP contribution >= 0.6 is 0 Å². The molecule has 16 heavy (non-hydrogen) atoms. The second-order valence-corrected chi connectivity index (χ2v) is 4.02. The number of rotatable bonds is 4. The minimum absolute atomic E-state index is 0.666. The summed E-state index contributed by atoms with van der Waals surface area (Å²) in [5, 5.41) is 16.7. The molecule has 1 aliphatic carbocycles. The number of carbonyl (C=O) groups is 2. The zero-order chi connectivity index (χ0) is 13.0. The average Bonchev–Trinajstić information content (AvgIpc) is 2.99. The number of carboxylic acids is 2. The van der Waals surface area contributed by atoms with E-state index in [1.54, 1.807) is 0 Å². The molecule has 0 atom stereocenters. The zero-order valence-electron chi connectivity index (χ0n) is 9.94. The maximum Gasteiger partial charge on any atom is 0.335 e. The monoisotopic (exact) mass is 234 g/mol. The first-order chi connectivity index (χ1) is 7.22. The fraction of sp³-hybridized carbons (Fsp3) is 0.800. The number of hydrogen-bond donors (Lipinski definition) is 2. The Morgan fingerprint density at radius 1 is 1.19 bits per heavy atom. The highest BCUT2D eigenvalue weighted by Gasteiger charge is 2.50. The first kappa shape index (κ1) is 14.9. The van der Waals surface area contributed by atoms with E-state index in [0.29, 0.717) is 12.8 Å². The quantitative estimate of drug-likeness (QED) is 0.745. The Morgan fingerprint density at radius 2 is 1.62 bits per heavy atom. The number of aliphatic carboxylic acids is 2. The molecule has 1 fully saturated rings. The summed E-state index contributed by atoms with van der Waals surface area (Å²) in [6.07, 6.45) is 1.33. The van der Waals surface area contributed by atoms with E-state index in [1.165, 1.54) is 28.1 Å². The highest BCUT2D eigenvalue weighted by atomic mass is 16.5. The van der Waals surface area contributed by atoms with E-state index in [9.17, 15) is 9.59 Å². The smallest absolute Gasteiger partial charge is 0.335 e. The van der Waals surface area contributed by atoms with Crippen LogP contribution in [-0.2, 0) is 19.1 Å². The van der Waals surface area contributed by atoms with Crippen LogP contribution in [-0.4, -0.2) is 47.6 Å². The lowest BCUT2D eigenvalue weighted by Gasteiger charge is -2.15. The summed E-state index contributed by atoms with van der Waals surface area (Å²) in [4.78, 5) is 20.3. The van der Waals surface area contributed by atoms with Gasteiger partial charge in [-0.2, -0.15) is 0 Å². The molecule has 0 aliphatic heterocycles. The van der Waals surface area contributed by atoms with Gasteiger partial charge in [0.25, 0.3) is 0 Å². The van der Waals surface area contributed by atoms with Crippen molar-refractivity contribution >= 4 is 11.9 Å². The van der Waals surface area contributed by atoms with E-state index < -0.39 is 23.1 Å². The third-order valence-electron chi connectivity index (χ3n) is 2.51. The van der Waals surface area contributed by atoms with E-state index in [1.807, 2.05) is 0 Å². The maximum absolute atomic E-state index is 10.2. The lowest BCUT2D eigenvalue weighted by Crippen LogP contribution is -2.33. The van der Waals surface area contributed by atoms with Crippen LogP contribution in [0.4, 0.5) is 0 Å². The summed E-state index contributed by atoms with van der Waals surface area (Å²) in [6, 6.07) is 0. The fourth-order valence-corrected chi connectivity index (χ4v) is 0.706. The molecule has 2 N–H and O–H groups in total. The molecule has 1 saturated carbocycles. The molecular formula is C10H18O6. The van der Waals surface area contributed by atoms with Crippen molar-refractivity contribution < 1.29 is 29.3 Å². The Kier molecular flexibility index (Phi) is 4.89. The summed E-state index contributed by atoms with van der Waals surface area (Å²) in [5.74, 6) is -1.78. The second kappa shape index (κ2) is 5.27. The third kappa shape index (κ3) is 3.79. The summed E-state index contributed by atoms with van der Waals surface area (Å²) >= 11 is 0. The number of ether oxygens (including phenoxy) is 2. The Hall–Kier alpha value is -1.14. The van der Waals surface area contributed by atoms with Crippen LogP contribution < -0.4 is 0 Å². The largest absolute Gasteiger partial charge is 0.479 e. The molecule has 6 nitrogen and oxygen atoms in total. The van der Waals surface area contributed by atoms with Crippen molar-refractivity contribution in [2.24, 2.45) is 0 Å². The third-order valence-corrected chi connectivity index (χ3v) is 2.51. The predicted molar refractivity (Wildman–Crippen MR) is 55.3 cm³/mol. The van der Waals surface area contributed by atoms with Crippen molar-refractivity contribution in [3.63, 3.8) is 0 Å². The van der Waals surface area contributed by atoms with Crippen molar-refractivity contribution in [3.8, 4) is 0 Å². The maximum atomic E-state index is 10.2. The van der Waals surface area contributed by atoms with Gasteiger partial charge in [0, 0.05) is 14.2 Å². The molecular weight excluding hydrogens is 216 g/mol. The first-order valence-corrected chi connectivity index (χ1v) is 4.79. The van der Waals surface area contributed by atoms with Crippen LogP contribution in [0.5, 0.6) is 0 Å². The van der Waals surface area contributed by atoms with Crippen LogP contribution in [0.3, 0.4) is 0 Å².